The molecule has 0 spiro atoms. The molecule has 0 saturated heterocycles. The number of para-hydroxylation sites is 2. The van der Waals surface area contributed by atoms with Crippen LogP contribution in [0.4, 0.5) is 5.82 Å². The summed E-state index contributed by atoms with van der Waals surface area (Å²) in [6.45, 7) is 5.09. The Morgan fingerprint density at radius 3 is 2.49 bits per heavy atom. The third kappa shape index (κ3) is 5.48. The van der Waals surface area contributed by atoms with Crippen molar-refractivity contribution in [3.05, 3.63) is 96.8 Å². The Balaban J connectivity index is 1.41. The highest BCUT2D eigenvalue weighted by Crippen LogP contribution is 2.35. The summed E-state index contributed by atoms with van der Waals surface area (Å²) in [4.78, 5) is 22.2. The van der Waals surface area contributed by atoms with Crippen LogP contribution in [0.1, 0.15) is 37.0 Å². The van der Waals surface area contributed by atoms with Crippen LogP contribution in [-0.4, -0.2) is 32.9 Å². The number of rotatable bonds is 9. The Bertz CT molecular complexity index is 1610. The van der Waals surface area contributed by atoms with Crippen LogP contribution in [0.15, 0.2) is 91.3 Å². The van der Waals surface area contributed by atoms with Crippen molar-refractivity contribution < 1.29 is 9.53 Å². The minimum absolute atomic E-state index is 0.0242. The van der Waals surface area contributed by atoms with E-state index in [4.69, 9.17) is 14.7 Å². The first-order valence-corrected chi connectivity index (χ1v) is 13.4. The highest BCUT2D eigenvalue weighted by Gasteiger charge is 2.24. The molecule has 0 atom stereocenters. The number of benzene rings is 3. The summed E-state index contributed by atoms with van der Waals surface area (Å²) in [7, 11) is 0. The molecule has 0 aliphatic heterocycles. The molecule has 1 saturated carbocycles. The lowest BCUT2D eigenvalue weighted by Crippen LogP contribution is -2.25. The average Bonchev–Trinajstić information content (AvgIpc) is 3.67. The van der Waals surface area contributed by atoms with E-state index in [0.29, 0.717) is 23.3 Å². The van der Waals surface area contributed by atoms with E-state index in [1.807, 2.05) is 91.3 Å². The molecule has 6 rings (SSSR count). The zero-order valence-corrected chi connectivity index (χ0v) is 22.1. The van der Waals surface area contributed by atoms with Crippen LogP contribution in [0.5, 0.6) is 11.5 Å². The van der Waals surface area contributed by atoms with E-state index < -0.39 is 0 Å². The predicted octanol–water partition coefficient (Wildman–Crippen LogP) is 6.82. The second-order valence-electron chi connectivity index (χ2n) is 10.3. The fourth-order valence-electron chi connectivity index (χ4n) is 4.42. The van der Waals surface area contributed by atoms with Gasteiger partial charge < -0.3 is 15.4 Å². The maximum absolute atomic E-state index is 12.5. The average molecular weight is 518 g/mol. The van der Waals surface area contributed by atoms with Gasteiger partial charge in [0.05, 0.1) is 17.6 Å². The van der Waals surface area contributed by atoms with Gasteiger partial charge in [0.25, 0.3) is 5.91 Å². The number of anilines is 1. The van der Waals surface area contributed by atoms with Gasteiger partial charge in [-0.1, -0.05) is 56.3 Å². The largest absolute Gasteiger partial charge is 0.457 e. The molecule has 7 heteroatoms. The number of carbonyl (C=O) groups is 1. The number of imidazole rings is 1. The van der Waals surface area contributed by atoms with Gasteiger partial charge in [-0.3, -0.25) is 9.20 Å². The molecule has 1 fully saturated rings. The second kappa shape index (κ2) is 10.6. The van der Waals surface area contributed by atoms with Crippen molar-refractivity contribution in [1.82, 2.24) is 19.7 Å². The number of fused-ring (bicyclic) bond motifs is 1. The van der Waals surface area contributed by atoms with E-state index in [2.05, 4.69) is 28.9 Å². The van der Waals surface area contributed by atoms with Gasteiger partial charge in [0, 0.05) is 35.5 Å². The molecule has 5 aromatic rings. The molecular formula is C32H31N5O2. The van der Waals surface area contributed by atoms with Crippen LogP contribution in [0.3, 0.4) is 0 Å². The molecule has 0 radical (unpaired) electrons. The molecule has 7 nitrogen and oxygen atoms in total. The summed E-state index contributed by atoms with van der Waals surface area (Å²) >= 11 is 0. The molecule has 39 heavy (non-hydrogen) atoms. The molecule has 2 aromatic heterocycles. The Hall–Kier alpha value is -4.65. The standard InChI is InChI=1S/C32H31N5O2/c1-21(2)18-33-30-31-34-19-28(22-12-14-23(15-13-22)32(38)35-24-16-17-24)37(31)20-27(36-30)26-10-6-7-11-29(26)39-25-8-4-3-5-9-25/h3-15,19-21,24H,16-18H2,1-2H3,(H,33,36)(H,35,38). The fourth-order valence-corrected chi connectivity index (χ4v) is 4.42. The van der Waals surface area contributed by atoms with Crippen molar-refractivity contribution in [2.24, 2.45) is 5.92 Å². The Kier molecular flexibility index (Phi) is 6.71. The molecule has 3 aromatic carbocycles. The van der Waals surface area contributed by atoms with Crippen molar-refractivity contribution in [3.8, 4) is 34.0 Å². The number of carbonyl (C=O) groups excluding carboxylic acids is 1. The van der Waals surface area contributed by atoms with E-state index in [0.717, 1.165) is 59.0 Å². The van der Waals surface area contributed by atoms with Crippen molar-refractivity contribution in [1.29, 1.82) is 0 Å². The van der Waals surface area contributed by atoms with Gasteiger partial charge in [0.1, 0.15) is 11.5 Å². The fraction of sp³-hybridized carbons (Fsp3) is 0.219. The lowest BCUT2D eigenvalue weighted by Gasteiger charge is -2.15. The maximum atomic E-state index is 12.5. The first-order valence-electron chi connectivity index (χ1n) is 13.4. The van der Waals surface area contributed by atoms with Crippen LogP contribution in [-0.2, 0) is 0 Å². The Labute approximate surface area is 227 Å². The number of amides is 1. The molecule has 2 N–H and O–H groups in total. The van der Waals surface area contributed by atoms with Gasteiger partial charge in [-0.05, 0) is 55.2 Å². The number of nitrogens with one attached hydrogen (secondary N) is 2. The zero-order valence-electron chi connectivity index (χ0n) is 22.1. The van der Waals surface area contributed by atoms with Gasteiger partial charge in [0.2, 0.25) is 0 Å². The smallest absolute Gasteiger partial charge is 0.251 e. The van der Waals surface area contributed by atoms with Crippen molar-refractivity contribution >= 4 is 17.4 Å². The van der Waals surface area contributed by atoms with Crippen LogP contribution in [0.25, 0.3) is 28.2 Å². The van der Waals surface area contributed by atoms with Crippen molar-refractivity contribution in [3.63, 3.8) is 0 Å². The van der Waals surface area contributed by atoms with E-state index >= 15 is 0 Å². The first-order chi connectivity index (χ1) is 19.0. The van der Waals surface area contributed by atoms with Crippen LogP contribution in [0.2, 0.25) is 0 Å². The second-order valence-corrected chi connectivity index (χ2v) is 10.3. The third-order valence-corrected chi connectivity index (χ3v) is 6.66. The van der Waals surface area contributed by atoms with Crippen LogP contribution < -0.4 is 15.4 Å². The van der Waals surface area contributed by atoms with E-state index in [-0.39, 0.29) is 5.91 Å². The first kappa shape index (κ1) is 24.7. The number of ether oxygens (including phenoxy) is 1. The molecule has 196 valence electrons. The van der Waals surface area contributed by atoms with Gasteiger partial charge in [-0.2, -0.15) is 0 Å². The molecule has 1 amide bonds. The van der Waals surface area contributed by atoms with Crippen LogP contribution in [0, 0.1) is 5.92 Å². The van der Waals surface area contributed by atoms with Crippen LogP contribution >= 0.6 is 0 Å². The predicted molar refractivity (Wildman–Crippen MR) is 154 cm³/mol. The SMILES string of the molecule is CC(C)CNc1nc(-c2ccccc2Oc2ccccc2)cn2c(-c3ccc(C(=O)NC4CC4)cc3)cnc12. The maximum Gasteiger partial charge on any atom is 0.251 e. The van der Waals surface area contributed by atoms with E-state index in [1.165, 1.54) is 0 Å². The summed E-state index contributed by atoms with van der Waals surface area (Å²) in [6, 6.07) is 25.7. The van der Waals surface area contributed by atoms with Gasteiger partial charge in [-0.25, -0.2) is 9.97 Å². The quantitative estimate of drug-likeness (QED) is 0.224. The topological polar surface area (TPSA) is 80.5 Å². The highest BCUT2D eigenvalue weighted by atomic mass is 16.5. The molecule has 0 unspecified atom stereocenters. The summed E-state index contributed by atoms with van der Waals surface area (Å²) in [5, 5.41) is 6.54. The molecular weight excluding hydrogens is 486 g/mol. The monoisotopic (exact) mass is 517 g/mol. The lowest BCUT2D eigenvalue weighted by molar-refractivity contribution is 0.0951. The number of aromatic nitrogens is 3. The molecule has 1 aliphatic rings. The minimum Gasteiger partial charge on any atom is -0.457 e. The highest BCUT2D eigenvalue weighted by molar-refractivity contribution is 5.95. The number of hydrogen-bond acceptors (Lipinski definition) is 5. The Morgan fingerprint density at radius 1 is 1.00 bits per heavy atom. The van der Waals surface area contributed by atoms with E-state index in [1.54, 1.807) is 0 Å². The Morgan fingerprint density at radius 2 is 1.74 bits per heavy atom. The zero-order chi connectivity index (χ0) is 26.8. The number of hydrogen-bond donors (Lipinski definition) is 2. The van der Waals surface area contributed by atoms with Gasteiger partial charge in [-0.15, -0.1) is 0 Å². The summed E-state index contributed by atoms with van der Waals surface area (Å²) < 4.78 is 8.31. The van der Waals surface area contributed by atoms with Crippen molar-refractivity contribution in [2.45, 2.75) is 32.7 Å². The third-order valence-electron chi connectivity index (χ3n) is 6.66. The molecule has 1 aliphatic carbocycles. The number of nitrogens with zero attached hydrogens (tertiary/aromatic N) is 3. The van der Waals surface area contributed by atoms with Gasteiger partial charge >= 0.3 is 0 Å². The summed E-state index contributed by atoms with van der Waals surface area (Å²) in [6.07, 6.45) is 5.98. The minimum atomic E-state index is -0.0242. The lowest BCUT2D eigenvalue weighted by atomic mass is 10.1. The molecule has 2 heterocycles. The van der Waals surface area contributed by atoms with Gasteiger partial charge in [0.15, 0.2) is 11.5 Å². The summed E-state index contributed by atoms with van der Waals surface area (Å²) in [5.41, 5.74) is 4.92. The molecule has 0 bridgehead atoms. The van der Waals surface area contributed by atoms with Crippen molar-refractivity contribution in [2.75, 3.05) is 11.9 Å². The normalized spacial score (nSPS) is 13.0. The summed E-state index contributed by atoms with van der Waals surface area (Å²) in [5.74, 6) is 2.61. The van der Waals surface area contributed by atoms with E-state index in [9.17, 15) is 4.79 Å².